The van der Waals surface area contributed by atoms with Crippen LogP contribution in [-0.2, 0) is 14.3 Å². The van der Waals surface area contributed by atoms with Crippen molar-refractivity contribution in [2.75, 3.05) is 32.8 Å². The Morgan fingerprint density at radius 1 is 1.07 bits per heavy atom. The first-order valence-corrected chi connectivity index (χ1v) is 12.0. The molecule has 168 valence electrons. The summed E-state index contributed by atoms with van der Waals surface area (Å²) in [5, 5.41) is 7.39. The molecular weight excluding hydrogens is 382 g/mol. The number of fused-ring (bicyclic) bond motifs is 2. The van der Waals surface area contributed by atoms with Crippen molar-refractivity contribution in [2.24, 2.45) is 5.92 Å². The summed E-state index contributed by atoms with van der Waals surface area (Å²) in [6.45, 7) is 8.39. The first-order valence-electron chi connectivity index (χ1n) is 12.0. The summed E-state index contributed by atoms with van der Waals surface area (Å²) in [7, 11) is 0. The first-order chi connectivity index (χ1) is 14.5. The maximum Gasteiger partial charge on any atom is 0.252 e. The Balaban J connectivity index is 1.34. The normalized spacial score (nSPS) is 42.1. The summed E-state index contributed by atoms with van der Waals surface area (Å²) < 4.78 is 5.75. The summed E-state index contributed by atoms with van der Waals surface area (Å²) in [6.07, 6.45) is 6.04. The van der Waals surface area contributed by atoms with Crippen molar-refractivity contribution in [1.82, 2.24) is 25.3 Å². The van der Waals surface area contributed by atoms with Crippen LogP contribution < -0.4 is 10.6 Å². The number of hydrogen-bond acceptors (Lipinski definition) is 6. The van der Waals surface area contributed by atoms with E-state index in [4.69, 9.17) is 4.74 Å². The maximum atomic E-state index is 13.4. The summed E-state index contributed by atoms with van der Waals surface area (Å²) >= 11 is 0. The highest BCUT2D eigenvalue weighted by molar-refractivity contribution is 5.82. The molecule has 5 fully saturated rings. The number of amides is 2. The zero-order chi connectivity index (χ0) is 20.8. The third-order valence-corrected chi connectivity index (χ3v) is 8.14. The molecule has 0 aromatic carbocycles. The summed E-state index contributed by atoms with van der Waals surface area (Å²) in [4.78, 5) is 32.5. The summed E-state index contributed by atoms with van der Waals surface area (Å²) in [5.41, 5.74) is 0. The maximum absolute atomic E-state index is 13.4. The van der Waals surface area contributed by atoms with Crippen molar-refractivity contribution in [3.8, 4) is 0 Å². The smallest absolute Gasteiger partial charge is 0.252 e. The molecular formula is C22H37N5O3. The fraction of sp³-hybridized carbons (Fsp3) is 0.909. The molecule has 0 radical (unpaired) electrons. The Bertz CT molecular complexity index is 669. The zero-order valence-corrected chi connectivity index (χ0v) is 18.4. The zero-order valence-electron chi connectivity index (χ0n) is 18.4. The van der Waals surface area contributed by atoms with Gasteiger partial charge >= 0.3 is 0 Å². The highest BCUT2D eigenvalue weighted by Gasteiger charge is 2.49. The van der Waals surface area contributed by atoms with E-state index in [9.17, 15) is 9.59 Å². The number of carbonyl (C=O) groups is 2. The van der Waals surface area contributed by atoms with Gasteiger partial charge < -0.3 is 14.5 Å². The van der Waals surface area contributed by atoms with Gasteiger partial charge in [-0.25, -0.2) is 0 Å². The lowest BCUT2D eigenvalue weighted by Crippen LogP contribution is -2.69. The number of nitrogens with zero attached hydrogens (tertiary/aromatic N) is 3. The van der Waals surface area contributed by atoms with E-state index in [2.05, 4.69) is 32.3 Å². The minimum Gasteiger partial charge on any atom is -0.368 e. The molecule has 4 aliphatic heterocycles. The first kappa shape index (κ1) is 20.7. The Hall–Kier alpha value is -1.22. The van der Waals surface area contributed by atoms with Crippen LogP contribution in [-0.4, -0.2) is 95.9 Å². The molecule has 8 nitrogen and oxygen atoms in total. The standard InChI is InChI=1S/C22H37N5O3/c1-14-13-26(21(29)20-4-3-11-30-20)19-12-16(5-6-18(19)27(14)15(2)28)17-7-9-25-10-8-23-22(25)24-17/h14,16-20,22-24H,3-13H2,1-2H3. The van der Waals surface area contributed by atoms with Crippen LogP contribution >= 0.6 is 0 Å². The molecule has 2 N–H and O–H groups in total. The second kappa shape index (κ2) is 8.37. The Labute approximate surface area is 179 Å². The van der Waals surface area contributed by atoms with Gasteiger partial charge in [-0.2, -0.15) is 0 Å². The Morgan fingerprint density at radius 3 is 2.70 bits per heavy atom. The van der Waals surface area contributed by atoms with Crippen molar-refractivity contribution in [3.63, 3.8) is 0 Å². The van der Waals surface area contributed by atoms with Crippen LogP contribution in [0.1, 0.15) is 52.4 Å². The minimum absolute atomic E-state index is 0.0645. The van der Waals surface area contributed by atoms with Gasteiger partial charge in [-0.15, -0.1) is 0 Å². The molecule has 0 spiro atoms. The van der Waals surface area contributed by atoms with Gasteiger partial charge in [0.25, 0.3) is 5.91 Å². The molecule has 1 aliphatic carbocycles. The number of nitrogens with one attached hydrogen (secondary N) is 2. The average Bonchev–Trinajstić information content (AvgIpc) is 3.43. The van der Waals surface area contributed by atoms with Gasteiger partial charge in [0.15, 0.2) is 0 Å². The highest BCUT2D eigenvalue weighted by Crippen LogP contribution is 2.39. The van der Waals surface area contributed by atoms with Gasteiger partial charge in [-0.1, -0.05) is 0 Å². The average molecular weight is 420 g/mol. The predicted molar refractivity (Wildman–Crippen MR) is 112 cm³/mol. The van der Waals surface area contributed by atoms with Crippen LogP contribution in [0.5, 0.6) is 0 Å². The number of carbonyl (C=O) groups excluding carboxylic acids is 2. The Morgan fingerprint density at radius 2 is 1.93 bits per heavy atom. The second-order valence-corrected chi connectivity index (χ2v) is 9.93. The third kappa shape index (κ3) is 3.66. The molecule has 5 rings (SSSR count). The molecule has 1 saturated carbocycles. The molecule has 30 heavy (non-hydrogen) atoms. The molecule has 0 aromatic rings. The number of hydrogen-bond donors (Lipinski definition) is 2. The lowest BCUT2D eigenvalue weighted by molar-refractivity contribution is -0.160. The van der Waals surface area contributed by atoms with Crippen molar-refractivity contribution < 1.29 is 14.3 Å². The summed E-state index contributed by atoms with van der Waals surface area (Å²) in [6, 6.07) is 0.784. The van der Waals surface area contributed by atoms with Crippen LogP contribution in [0.25, 0.3) is 0 Å². The molecule has 4 saturated heterocycles. The molecule has 0 bridgehead atoms. The number of ether oxygens (including phenoxy) is 1. The lowest BCUT2D eigenvalue weighted by atomic mass is 9.74. The highest BCUT2D eigenvalue weighted by atomic mass is 16.5. The van der Waals surface area contributed by atoms with E-state index in [1.807, 2.05) is 0 Å². The van der Waals surface area contributed by atoms with E-state index in [-0.39, 0.29) is 36.0 Å². The Kier molecular flexibility index (Phi) is 5.77. The van der Waals surface area contributed by atoms with Gasteiger partial charge in [0.05, 0.1) is 12.1 Å². The largest absolute Gasteiger partial charge is 0.368 e. The third-order valence-electron chi connectivity index (χ3n) is 8.14. The molecule has 7 atom stereocenters. The summed E-state index contributed by atoms with van der Waals surface area (Å²) in [5.74, 6) is 0.831. The van der Waals surface area contributed by atoms with E-state index >= 15 is 0 Å². The number of piperazine rings is 1. The van der Waals surface area contributed by atoms with Gasteiger partial charge in [-0.3, -0.25) is 25.1 Å². The van der Waals surface area contributed by atoms with Crippen LogP contribution in [0.2, 0.25) is 0 Å². The monoisotopic (exact) mass is 419 g/mol. The molecule has 0 aromatic heterocycles. The molecule has 4 heterocycles. The van der Waals surface area contributed by atoms with Gasteiger partial charge in [-0.05, 0) is 51.4 Å². The molecule has 8 heteroatoms. The van der Waals surface area contributed by atoms with E-state index < -0.39 is 0 Å². The lowest BCUT2D eigenvalue weighted by Gasteiger charge is -2.55. The van der Waals surface area contributed by atoms with Gasteiger partial charge in [0.1, 0.15) is 12.4 Å². The predicted octanol–water partition coefficient (Wildman–Crippen LogP) is 0.333. The van der Waals surface area contributed by atoms with Crippen LogP contribution in [0.3, 0.4) is 0 Å². The van der Waals surface area contributed by atoms with Crippen molar-refractivity contribution in [1.29, 1.82) is 0 Å². The van der Waals surface area contributed by atoms with Crippen molar-refractivity contribution in [2.45, 2.75) is 88.9 Å². The van der Waals surface area contributed by atoms with Crippen LogP contribution in [0.15, 0.2) is 0 Å². The van der Waals surface area contributed by atoms with Crippen molar-refractivity contribution >= 4 is 11.8 Å². The van der Waals surface area contributed by atoms with E-state index in [1.165, 1.54) is 0 Å². The van der Waals surface area contributed by atoms with E-state index in [1.54, 1.807) is 6.92 Å². The fourth-order valence-electron chi connectivity index (χ4n) is 6.75. The minimum atomic E-state index is -0.286. The van der Waals surface area contributed by atoms with Gasteiger partial charge in [0.2, 0.25) is 5.91 Å². The van der Waals surface area contributed by atoms with Gasteiger partial charge in [0, 0.05) is 51.8 Å². The van der Waals surface area contributed by atoms with E-state index in [0.717, 1.165) is 58.2 Å². The van der Waals surface area contributed by atoms with Crippen molar-refractivity contribution in [3.05, 3.63) is 0 Å². The van der Waals surface area contributed by atoms with Crippen LogP contribution in [0.4, 0.5) is 0 Å². The molecule has 7 unspecified atom stereocenters. The second-order valence-electron chi connectivity index (χ2n) is 9.93. The molecule has 2 amide bonds. The quantitative estimate of drug-likeness (QED) is 0.672. The fourth-order valence-corrected chi connectivity index (χ4v) is 6.75. The SMILES string of the molecule is CC(=O)N1C(C)CN(C(=O)C2CCCO2)C2CC(C3CCN4CCNC4N3)CCC21. The van der Waals surface area contributed by atoms with Crippen LogP contribution in [0, 0.1) is 5.92 Å². The molecule has 5 aliphatic rings. The number of rotatable bonds is 2. The topological polar surface area (TPSA) is 77.2 Å². The van der Waals surface area contributed by atoms with E-state index in [0.29, 0.717) is 31.4 Å².